The first kappa shape index (κ1) is 19.1. The molecule has 0 rings (SSSR count). The van der Waals surface area contributed by atoms with E-state index >= 15 is 0 Å². The van der Waals surface area contributed by atoms with Gasteiger partial charge in [0.25, 0.3) is 0 Å². The van der Waals surface area contributed by atoms with Gasteiger partial charge in [-0.15, -0.1) is 0 Å². The van der Waals surface area contributed by atoms with E-state index in [4.69, 9.17) is 69.6 Å². The molecule has 0 aromatic carbocycles. The third kappa shape index (κ3) is 13.5. The van der Waals surface area contributed by atoms with Crippen LogP contribution in [-0.4, -0.2) is 19.2 Å². The van der Waals surface area contributed by atoms with Crippen molar-refractivity contribution in [2.75, 3.05) is 0 Å². The highest BCUT2D eigenvalue weighted by molar-refractivity contribution is 6.68. The zero-order valence-electron chi connectivity index (χ0n) is 9.33. The summed E-state index contributed by atoms with van der Waals surface area (Å²) in [5, 5.41) is 0. The van der Waals surface area contributed by atoms with Gasteiger partial charge in [-0.1, -0.05) is 69.6 Å². The monoisotopic (exact) mass is 374 g/mol. The third-order valence-corrected chi connectivity index (χ3v) is 2.76. The van der Waals surface area contributed by atoms with E-state index < -0.39 is 7.59 Å². The molecule has 0 fully saturated rings. The van der Waals surface area contributed by atoms with E-state index in [1.165, 1.54) is 0 Å². The summed E-state index contributed by atoms with van der Waals surface area (Å²) < 4.78 is -3.11. The molecule has 106 valence electrons. The van der Waals surface area contributed by atoms with Crippen molar-refractivity contribution in [1.82, 2.24) is 0 Å². The molecule has 0 amide bonds. The molecule has 0 aromatic heterocycles. The van der Waals surface area contributed by atoms with Crippen molar-refractivity contribution in [3.63, 3.8) is 0 Å². The topological polar surface area (TPSA) is 34.1 Å². The number of ketones is 2. The molecule has 0 aliphatic carbocycles. The van der Waals surface area contributed by atoms with Crippen LogP contribution >= 0.6 is 69.6 Å². The van der Waals surface area contributed by atoms with Gasteiger partial charge >= 0.3 is 0 Å². The van der Waals surface area contributed by atoms with Crippen LogP contribution in [0.3, 0.4) is 0 Å². The predicted octanol–water partition coefficient (Wildman–Crippen LogP) is 5.21. The van der Waals surface area contributed by atoms with E-state index in [-0.39, 0.29) is 37.2 Å². The summed E-state index contributed by atoms with van der Waals surface area (Å²) in [6.07, 6.45) is 1.39. The van der Waals surface area contributed by atoms with Crippen molar-refractivity contribution in [1.29, 1.82) is 0 Å². The summed E-state index contributed by atoms with van der Waals surface area (Å²) >= 11 is 32.9. The van der Waals surface area contributed by atoms with Crippen molar-refractivity contribution in [2.45, 2.75) is 46.1 Å². The summed E-state index contributed by atoms with van der Waals surface area (Å²) in [6.45, 7) is 0. The van der Waals surface area contributed by atoms with Crippen LogP contribution in [-0.2, 0) is 9.59 Å². The van der Waals surface area contributed by atoms with E-state index in [0.29, 0.717) is 12.8 Å². The average Bonchev–Trinajstić information content (AvgIpc) is 2.06. The largest absolute Gasteiger partial charge is 0.300 e. The Hall–Kier alpha value is 1.08. The normalized spacial score (nSPS) is 12.6. The Bertz CT molecular complexity index is 262. The minimum absolute atomic E-state index is 0.125. The van der Waals surface area contributed by atoms with E-state index in [1.54, 1.807) is 0 Å². The molecular formula is C10H12Cl6O2. The number of hydrogen-bond donors (Lipinski definition) is 0. The first-order valence-electron chi connectivity index (χ1n) is 5.16. The van der Waals surface area contributed by atoms with Crippen LogP contribution in [0.25, 0.3) is 0 Å². The molecule has 0 radical (unpaired) electrons. The van der Waals surface area contributed by atoms with Crippen LogP contribution in [0.15, 0.2) is 0 Å². The number of Topliss-reactive ketones (excluding diaryl/α,β-unsaturated/α-hetero) is 2. The molecule has 0 unspecified atom stereocenters. The van der Waals surface area contributed by atoms with Gasteiger partial charge in [0.1, 0.15) is 11.6 Å². The second kappa shape index (κ2) is 8.39. The SMILES string of the molecule is O=C(CCCCC(=O)CC(Cl)(Cl)Cl)CC(Cl)(Cl)Cl. The third-order valence-electron chi connectivity index (χ3n) is 1.96. The Morgan fingerprint density at radius 3 is 1.17 bits per heavy atom. The Labute approximate surface area is 136 Å². The molecule has 0 heterocycles. The van der Waals surface area contributed by atoms with Crippen LogP contribution in [0.5, 0.6) is 0 Å². The average molecular weight is 377 g/mol. The van der Waals surface area contributed by atoms with E-state index in [2.05, 4.69) is 0 Å². The fraction of sp³-hybridized carbons (Fsp3) is 0.800. The minimum Gasteiger partial charge on any atom is -0.300 e. The summed E-state index contributed by atoms with van der Waals surface area (Å²) in [6, 6.07) is 0. The van der Waals surface area contributed by atoms with E-state index in [0.717, 1.165) is 0 Å². The fourth-order valence-electron chi connectivity index (χ4n) is 1.27. The molecule has 0 aliphatic heterocycles. The number of hydrogen-bond acceptors (Lipinski definition) is 2. The lowest BCUT2D eigenvalue weighted by Gasteiger charge is -2.10. The quantitative estimate of drug-likeness (QED) is 0.451. The lowest BCUT2D eigenvalue weighted by molar-refractivity contribution is -0.120. The van der Waals surface area contributed by atoms with Gasteiger partial charge in [0, 0.05) is 12.8 Å². The maximum absolute atomic E-state index is 11.3. The van der Waals surface area contributed by atoms with Crippen LogP contribution in [0.2, 0.25) is 0 Å². The highest BCUT2D eigenvalue weighted by Gasteiger charge is 2.24. The molecular weight excluding hydrogens is 365 g/mol. The predicted molar refractivity (Wildman–Crippen MR) is 78.3 cm³/mol. The molecule has 0 spiro atoms. The van der Waals surface area contributed by atoms with Gasteiger partial charge in [-0.3, -0.25) is 9.59 Å². The molecule has 18 heavy (non-hydrogen) atoms. The molecule has 0 bridgehead atoms. The van der Waals surface area contributed by atoms with Gasteiger partial charge in [0.05, 0.1) is 12.8 Å². The summed E-state index contributed by atoms with van der Waals surface area (Å²) in [7, 11) is 0. The van der Waals surface area contributed by atoms with Gasteiger partial charge in [0.2, 0.25) is 0 Å². The van der Waals surface area contributed by atoms with Crippen LogP contribution < -0.4 is 0 Å². The molecule has 0 atom stereocenters. The lowest BCUT2D eigenvalue weighted by atomic mass is 10.1. The maximum Gasteiger partial charge on any atom is 0.197 e. The Kier molecular flexibility index (Phi) is 8.89. The molecule has 0 N–H and O–H groups in total. The van der Waals surface area contributed by atoms with Crippen molar-refractivity contribution in [3.05, 3.63) is 0 Å². The summed E-state index contributed by atoms with van der Waals surface area (Å²) in [4.78, 5) is 22.7. The number of carbonyl (C=O) groups excluding carboxylic acids is 2. The van der Waals surface area contributed by atoms with E-state index in [1.807, 2.05) is 0 Å². The van der Waals surface area contributed by atoms with Gasteiger partial charge < -0.3 is 0 Å². The maximum atomic E-state index is 11.3. The fourth-order valence-corrected chi connectivity index (χ4v) is 2.16. The lowest BCUT2D eigenvalue weighted by Crippen LogP contribution is -2.12. The standard InChI is InChI=1S/C10H12Cl6O2/c11-9(12,13)5-7(17)3-1-2-4-8(18)6-10(14,15)16/h1-6H2. The molecule has 0 saturated carbocycles. The number of unbranched alkanes of at least 4 members (excludes halogenated alkanes) is 1. The van der Waals surface area contributed by atoms with Gasteiger partial charge in [-0.25, -0.2) is 0 Å². The van der Waals surface area contributed by atoms with Crippen molar-refractivity contribution >= 4 is 81.2 Å². The van der Waals surface area contributed by atoms with Gasteiger partial charge in [-0.2, -0.15) is 0 Å². The smallest absolute Gasteiger partial charge is 0.197 e. The van der Waals surface area contributed by atoms with Gasteiger partial charge in [-0.05, 0) is 12.8 Å². The van der Waals surface area contributed by atoms with Crippen molar-refractivity contribution in [3.8, 4) is 0 Å². The Morgan fingerprint density at radius 1 is 0.667 bits per heavy atom. The molecule has 2 nitrogen and oxygen atoms in total. The molecule has 0 saturated heterocycles. The second-order valence-corrected chi connectivity index (χ2v) is 8.90. The van der Waals surface area contributed by atoms with Crippen LogP contribution in [0.1, 0.15) is 38.5 Å². The Balaban J connectivity index is 3.69. The highest BCUT2D eigenvalue weighted by Crippen LogP contribution is 2.32. The zero-order valence-corrected chi connectivity index (χ0v) is 13.9. The van der Waals surface area contributed by atoms with Crippen LogP contribution in [0.4, 0.5) is 0 Å². The Morgan fingerprint density at radius 2 is 0.944 bits per heavy atom. The van der Waals surface area contributed by atoms with Crippen molar-refractivity contribution in [2.24, 2.45) is 0 Å². The molecule has 0 aromatic rings. The number of alkyl halides is 6. The van der Waals surface area contributed by atoms with E-state index in [9.17, 15) is 9.59 Å². The summed E-state index contributed by atoms with van der Waals surface area (Å²) in [5.74, 6) is -0.298. The first-order chi connectivity index (χ1) is 7.99. The molecule has 8 heteroatoms. The number of carbonyl (C=O) groups is 2. The number of rotatable bonds is 7. The minimum atomic E-state index is -1.55. The molecule has 0 aliphatic rings. The van der Waals surface area contributed by atoms with Crippen molar-refractivity contribution < 1.29 is 9.59 Å². The highest BCUT2D eigenvalue weighted by atomic mass is 35.6. The second-order valence-electron chi connectivity index (χ2n) is 3.87. The number of halogens is 6. The summed E-state index contributed by atoms with van der Waals surface area (Å²) in [5.41, 5.74) is 0. The zero-order chi connectivity index (χ0) is 14.4. The first-order valence-corrected chi connectivity index (χ1v) is 7.43. The van der Waals surface area contributed by atoms with Crippen LogP contribution in [0, 0.1) is 0 Å². The van der Waals surface area contributed by atoms with Gasteiger partial charge in [0.15, 0.2) is 7.59 Å².